The van der Waals surface area contributed by atoms with Gasteiger partial charge in [0.05, 0.1) is 12.9 Å². The molecule has 2 N–H and O–H groups in total. The normalized spacial score (nSPS) is 12.1. The lowest BCUT2D eigenvalue weighted by molar-refractivity contribution is 0.792. The van der Waals surface area contributed by atoms with Crippen LogP contribution in [0.2, 0.25) is 0 Å². The van der Waals surface area contributed by atoms with Gasteiger partial charge in [-0.1, -0.05) is 49.4 Å². The molecule has 0 saturated heterocycles. The zero-order valence-electron chi connectivity index (χ0n) is 17.5. The summed E-state index contributed by atoms with van der Waals surface area (Å²) in [6, 6.07) is 19.1. The van der Waals surface area contributed by atoms with Gasteiger partial charge in [-0.05, 0) is 30.2 Å². The van der Waals surface area contributed by atoms with E-state index in [9.17, 15) is 0 Å². The van der Waals surface area contributed by atoms with Crippen LogP contribution in [-0.2, 0) is 13.1 Å². The molecular weight excluding hydrogens is 505 g/mol. The second-order valence-electron chi connectivity index (χ2n) is 6.87. The Balaban J connectivity index is 0.00000320. The third kappa shape index (κ3) is 8.39. The van der Waals surface area contributed by atoms with Crippen molar-refractivity contribution >= 4 is 41.7 Å². The Bertz CT molecular complexity index is 866. The fourth-order valence-electron chi connectivity index (χ4n) is 2.87. The van der Waals surface area contributed by atoms with Gasteiger partial charge in [-0.15, -0.1) is 35.7 Å². The summed E-state index contributed by atoms with van der Waals surface area (Å²) in [5, 5.41) is 7.24. The largest absolute Gasteiger partial charge is 0.357 e. The van der Waals surface area contributed by atoms with E-state index >= 15 is 0 Å². The van der Waals surface area contributed by atoms with Gasteiger partial charge in [0.1, 0.15) is 0 Å². The first-order chi connectivity index (χ1) is 14.2. The summed E-state index contributed by atoms with van der Waals surface area (Å²) in [7, 11) is 0. The van der Waals surface area contributed by atoms with Gasteiger partial charge in [0.15, 0.2) is 5.96 Å². The summed E-state index contributed by atoms with van der Waals surface area (Å²) in [4.78, 5) is 10.1. The van der Waals surface area contributed by atoms with Crippen molar-refractivity contribution in [3.63, 3.8) is 0 Å². The van der Waals surface area contributed by atoms with Crippen molar-refractivity contribution in [2.75, 3.05) is 13.1 Å². The topological polar surface area (TPSA) is 54.2 Å². The van der Waals surface area contributed by atoms with Crippen LogP contribution < -0.4 is 10.6 Å². The van der Waals surface area contributed by atoms with E-state index < -0.39 is 0 Å². The average Bonchev–Trinajstić information content (AvgIpc) is 3.25. The molecule has 0 radical (unpaired) electrons. The number of rotatable bonds is 9. The molecule has 0 aliphatic carbocycles. The Morgan fingerprint density at radius 2 is 1.80 bits per heavy atom. The van der Waals surface area contributed by atoms with Gasteiger partial charge < -0.3 is 15.2 Å². The fourth-order valence-corrected chi connectivity index (χ4v) is 3.81. The SMILES string of the molecule is CCNC(=NCc1ccc(Cn2ccnc2)cc1)NCC(C)Sc1ccccc1.I. The van der Waals surface area contributed by atoms with E-state index in [2.05, 4.69) is 82.6 Å². The highest BCUT2D eigenvalue weighted by atomic mass is 127. The molecule has 0 spiro atoms. The highest BCUT2D eigenvalue weighted by Gasteiger charge is 2.06. The van der Waals surface area contributed by atoms with Crippen molar-refractivity contribution in [2.45, 2.75) is 37.1 Å². The van der Waals surface area contributed by atoms with Crippen molar-refractivity contribution in [3.8, 4) is 0 Å². The van der Waals surface area contributed by atoms with Crippen LogP contribution in [0.5, 0.6) is 0 Å². The molecule has 1 atom stereocenters. The average molecular weight is 535 g/mol. The molecular formula is C23H30IN5S. The van der Waals surface area contributed by atoms with Gasteiger partial charge in [-0.25, -0.2) is 9.98 Å². The maximum atomic E-state index is 4.74. The van der Waals surface area contributed by atoms with Crippen LogP contribution in [0, 0.1) is 0 Å². The molecule has 0 bridgehead atoms. The lowest BCUT2D eigenvalue weighted by Crippen LogP contribution is -2.40. The summed E-state index contributed by atoms with van der Waals surface area (Å²) in [6.45, 7) is 7.51. The van der Waals surface area contributed by atoms with Gasteiger partial charge in [0.25, 0.3) is 0 Å². The molecule has 1 unspecified atom stereocenters. The van der Waals surface area contributed by atoms with Crippen molar-refractivity contribution in [3.05, 3.63) is 84.4 Å². The molecule has 7 heteroatoms. The second kappa shape index (κ2) is 13.3. The van der Waals surface area contributed by atoms with Crippen LogP contribution in [0.4, 0.5) is 0 Å². The molecule has 0 aliphatic heterocycles. The molecule has 2 aromatic carbocycles. The number of halogens is 1. The predicted molar refractivity (Wildman–Crippen MR) is 138 cm³/mol. The van der Waals surface area contributed by atoms with E-state index in [1.807, 2.05) is 30.4 Å². The van der Waals surface area contributed by atoms with Crippen LogP contribution in [0.1, 0.15) is 25.0 Å². The van der Waals surface area contributed by atoms with E-state index in [0.717, 1.165) is 25.6 Å². The lowest BCUT2D eigenvalue weighted by atomic mass is 10.1. The van der Waals surface area contributed by atoms with Crippen LogP contribution in [0.25, 0.3) is 0 Å². The quantitative estimate of drug-likeness (QED) is 0.179. The Labute approximate surface area is 200 Å². The Hall–Kier alpha value is -2.00. The van der Waals surface area contributed by atoms with Gasteiger partial charge in [-0.2, -0.15) is 0 Å². The minimum atomic E-state index is 0. The minimum Gasteiger partial charge on any atom is -0.357 e. The number of benzene rings is 2. The summed E-state index contributed by atoms with van der Waals surface area (Å²) in [5.41, 5.74) is 2.45. The van der Waals surface area contributed by atoms with E-state index in [4.69, 9.17) is 4.99 Å². The standard InChI is InChI=1S/C23H29N5S.HI/c1-3-25-23(26-15-19(2)29-22-7-5-4-6-8-22)27-16-20-9-11-21(12-10-20)17-28-14-13-24-18-28;/h4-14,18-19H,3,15-17H2,1-2H3,(H2,25,26,27);1H. The molecule has 30 heavy (non-hydrogen) atoms. The van der Waals surface area contributed by atoms with E-state index in [-0.39, 0.29) is 24.0 Å². The number of aliphatic imine (C=N–C) groups is 1. The molecule has 5 nitrogen and oxygen atoms in total. The number of nitrogens with one attached hydrogen (secondary N) is 2. The first-order valence-electron chi connectivity index (χ1n) is 10.0. The summed E-state index contributed by atoms with van der Waals surface area (Å²) in [5.74, 6) is 0.857. The van der Waals surface area contributed by atoms with Gasteiger partial charge in [-0.3, -0.25) is 0 Å². The number of aromatic nitrogens is 2. The van der Waals surface area contributed by atoms with Crippen LogP contribution in [-0.4, -0.2) is 33.9 Å². The van der Waals surface area contributed by atoms with Gasteiger partial charge >= 0.3 is 0 Å². The van der Waals surface area contributed by atoms with Crippen LogP contribution in [0.15, 0.2) is 83.2 Å². The van der Waals surface area contributed by atoms with Crippen LogP contribution in [0.3, 0.4) is 0 Å². The molecule has 3 rings (SSSR count). The Morgan fingerprint density at radius 1 is 1.07 bits per heavy atom. The number of nitrogens with zero attached hydrogens (tertiary/aromatic N) is 3. The highest BCUT2D eigenvalue weighted by molar-refractivity contribution is 14.0. The van der Waals surface area contributed by atoms with E-state index in [1.54, 1.807) is 6.20 Å². The monoisotopic (exact) mass is 535 g/mol. The molecule has 0 saturated carbocycles. The highest BCUT2D eigenvalue weighted by Crippen LogP contribution is 2.21. The molecule has 3 aromatic rings. The van der Waals surface area contributed by atoms with Crippen molar-refractivity contribution in [2.24, 2.45) is 4.99 Å². The summed E-state index contributed by atoms with van der Waals surface area (Å²) < 4.78 is 2.06. The molecule has 1 aromatic heterocycles. The zero-order valence-corrected chi connectivity index (χ0v) is 20.6. The maximum absolute atomic E-state index is 4.74. The summed E-state index contributed by atoms with van der Waals surface area (Å²) in [6.07, 6.45) is 5.62. The van der Waals surface area contributed by atoms with Gasteiger partial charge in [0.2, 0.25) is 0 Å². The smallest absolute Gasteiger partial charge is 0.191 e. The first kappa shape index (κ1) is 24.3. The van der Waals surface area contributed by atoms with Crippen molar-refractivity contribution < 1.29 is 0 Å². The van der Waals surface area contributed by atoms with E-state index in [1.165, 1.54) is 16.0 Å². The molecule has 1 heterocycles. The van der Waals surface area contributed by atoms with Crippen LogP contribution >= 0.6 is 35.7 Å². The number of guanidine groups is 1. The lowest BCUT2D eigenvalue weighted by Gasteiger charge is -2.16. The maximum Gasteiger partial charge on any atom is 0.191 e. The number of hydrogen-bond acceptors (Lipinski definition) is 3. The number of thioether (sulfide) groups is 1. The summed E-state index contributed by atoms with van der Waals surface area (Å²) >= 11 is 1.87. The third-order valence-electron chi connectivity index (χ3n) is 4.35. The molecule has 0 aliphatic rings. The third-order valence-corrected chi connectivity index (χ3v) is 5.46. The zero-order chi connectivity index (χ0) is 20.3. The second-order valence-corrected chi connectivity index (χ2v) is 8.38. The molecule has 160 valence electrons. The number of imidazole rings is 1. The molecule has 0 fully saturated rings. The predicted octanol–water partition coefficient (Wildman–Crippen LogP) is 4.79. The van der Waals surface area contributed by atoms with Crippen molar-refractivity contribution in [1.82, 2.24) is 20.2 Å². The van der Waals surface area contributed by atoms with Crippen molar-refractivity contribution in [1.29, 1.82) is 0 Å². The first-order valence-corrected chi connectivity index (χ1v) is 10.9. The minimum absolute atomic E-state index is 0. The Kier molecular flexibility index (Phi) is 10.8. The molecule has 0 amide bonds. The number of hydrogen-bond donors (Lipinski definition) is 2. The van der Waals surface area contributed by atoms with E-state index in [0.29, 0.717) is 11.8 Å². The fraction of sp³-hybridized carbons (Fsp3) is 0.304. The Morgan fingerprint density at radius 3 is 2.47 bits per heavy atom. The van der Waals surface area contributed by atoms with Gasteiger partial charge in [0, 0.05) is 42.2 Å².